The minimum absolute atomic E-state index is 0.115. The number of rotatable bonds is 7. The summed E-state index contributed by atoms with van der Waals surface area (Å²) in [5.41, 5.74) is 1.65. The minimum atomic E-state index is -0.234. The number of carbonyl (C=O) groups is 2. The monoisotopic (exact) mass is 312 g/mol. The van der Waals surface area contributed by atoms with Crippen molar-refractivity contribution in [2.45, 2.75) is 19.8 Å². The number of halogens is 1. The van der Waals surface area contributed by atoms with E-state index in [9.17, 15) is 9.59 Å². The van der Waals surface area contributed by atoms with E-state index in [2.05, 4.69) is 10.1 Å². The van der Waals surface area contributed by atoms with E-state index in [1.165, 1.54) is 7.11 Å². The van der Waals surface area contributed by atoms with Gasteiger partial charge in [0.2, 0.25) is 5.91 Å². The highest BCUT2D eigenvalue weighted by atomic mass is 35.5. The second-order valence-corrected chi connectivity index (χ2v) is 5.34. The summed E-state index contributed by atoms with van der Waals surface area (Å²) >= 11 is 6.01. The molecule has 1 rings (SSSR count). The minimum Gasteiger partial charge on any atom is -0.469 e. The third-order valence-electron chi connectivity index (χ3n) is 3.02. The maximum atomic E-state index is 11.9. The molecule has 0 saturated heterocycles. The first-order chi connectivity index (χ1) is 9.92. The molecule has 0 aliphatic rings. The molecule has 0 atom stereocenters. The summed E-state index contributed by atoms with van der Waals surface area (Å²) < 4.78 is 4.56. The number of likely N-dealkylation sites (N-methyl/N-ethyl adjacent to an activating group) is 1. The molecule has 0 spiro atoms. The number of amides is 1. The maximum Gasteiger partial charge on any atom is 0.305 e. The van der Waals surface area contributed by atoms with Gasteiger partial charge in [0.05, 0.1) is 13.7 Å². The van der Waals surface area contributed by atoms with Crippen molar-refractivity contribution < 1.29 is 14.3 Å². The van der Waals surface area contributed by atoms with Crippen LogP contribution in [-0.4, -0.2) is 44.0 Å². The zero-order valence-corrected chi connectivity index (χ0v) is 13.4. The van der Waals surface area contributed by atoms with Crippen molar-refractivity contribution in [3.8, 4) is 0 Å². The lowest BCUT2D eigenvalue weighted by Gasteiger charge is -2.16. The number of anilines is 1. The van der Waals surface area contributed by atoms with E-state index in [-0.39, 0.29) is 18.4 Å². The molecule has 1 amide bonds. The first-order valence-corrected chi connectivity index (χ1v) is 7.11. The molecule has 5 nitrogen and oxygen atoms in total. The second-order valence-electron chi connectivity index (χ2n) is 4.93. The molecule has 0 saturated carbocycles. The molecule has 0 heterocycles. The van der Waals surface area contributed by atoms with Crippen LogP contribution in [0.1, 0.15) is 18.4 Å². The summed E-state index contributed by atoms with van der Waals surface area (Å²) in [6.45, 7) is 2.81. The zero-order valence-electron chi connectivity index (χ0n) is 12.6. The Morgan fingerprint density at radius 3 is 2.71 bits per heavy atom. The van der Waals surface area contributed by atoms with Gasteiger partial charge in [-0.15, -0.1) is 0 Å². The Labute approximate surface area is 130 Å². The van der Waals surface area contributed by atoms with Crippen LogP contribution >= 0.6 is 11.6 Å². The maximum absolute atomic E-state index is 11.9. The number of methoxy groups -OCH3 is 1. The number of hydrogen-bond acceptors (Lipinski definition) is 4. The molecule has 0 unspecified atom stereocenters. The highest BCUT2D eigenvalue weighted by molar-refractivity contribution is 6.31. The molecule has 1 aromatic carbocycles. The third kappa shape index (κ3) is 6.60. The summed E-state index contributed by atoms with van der Waals surface area (Å²) in [4.78, 5) is 24.7. The predicted octanol–water partition coefficient (Wildman–Crippen LogP) is 2.47. The topological polar surface area (TPSA) is 58.6 Å². The fraction of sp³-hybridized carbons (Fsp3) is 0.467. The number of aryl methyl sites for hydroxylation is 1. The van der Waals surface area contributed by atoms with Crippen LogP contribution in [-0.2, 0) is 14.3 Å². The zero-order chi connectivity index (χ0) is 15.8. The third-order valence-corrected chi connectivity index (χ3v) is 3.42. The predicted molar refractivity (Wildman–Crippen MR) is 83.6 cm³/mol. The van der Waals surface area contributed by atoms with E-state index >= 15 is 0 Å². The van der Waals surface area contributed by atoms with E-state index in [0.29, 0.717) is 30.1 Å². The molecular weight excluding hydrogens is 292 g/mol. The Morgan fingerprint density at radius 1 is 1.38 bits per heavy atom. The lowest BCUT2D eigenvalue weighted by atomic mass is 10.2. The van der Waals surface area contributed by atoms with Crippen LogP contribution in [0.4, 0.5) is 5.69 Å². The molecule has 0 aromatic heterocycles. The molecule has 21 heavy (non-hydrogen) atoms. The lowest BCUT2D eigenvalue weighted by molar-refractivity contribution is -0.140. The SMILES string of the molecule is COC(=O)CCCN(C)CC(=O)Nc1ccc(C)c(Cl)c1. The number of hydrogen-bond donors (Lipinski definition) is 1. The Kier molecular flexibility index (Phi) is 7.19. The van der Waals surface area contributed by atoms with Gasteiger partial charge in [-0.1, -0.05) is 17.7 Å². The van der Waals surface area contributed by atoms with Crippen LogP contribution in [0.5, 0.6) is 0 Å². The number of benzene rings is 1. The summed E-state index contributed by atoms with van der Waals surface area (Å²) in [5, 5.41) is 3.42. The first-order valence-electron chi connectivity index (χ1n) is 6.73. The van der Waals surface area contributed by atoms with Gasteiger partial charge in [0, 0.05) is 17.1 Å². The van der Waals surface area contributed by atoms with Gasteiger partial charge in [0.25, 0.3) is 0 Å². The molecule has 116 valence electrons. The Balaban J connectivity index is 2.35. The summed E-state index contributed by atoms with van der Waals surface area (Å²) in [7, 11) is 3.20. The molecule has 0 fully saturated rings. The smallest absolute Gasteiger partial charge is 0.305 e. The fourth-order valence-corrected chi connectivity index (χ4v) is 1.97. The van der Waals surface area contributed by atoms with Gasteiger partial charge in [0.15, 0.2) is 0 Å². The average Bonchev–Trinajstić information content (AvgIpc) is 2.42. The van der Waals surface area contributed by atoms with Crippen molar-refractivity contribution in [3.63, 3.8) is 0 Å². The van der Waals surface area contributed by atoms with Crippen LogP contribution in [0.25, 0.3) is 0 Å². The van der Waals surface area contributed by atoms with Crippen molar-refractivity contribution in [2.24, 2.45) is 0 Å². The van der Waals surface area contributed by atoms with E-state index in [4.69, 9.17) is 11.6 Å². The molecule has 0 radical (unpaired) electrons. The van der Waals surface area contributed by atoms with Crippen LogP contribution in [0, 0.1) is 6.92 Å². The molecule has 1 N–H and O–H groups in total. The van der Waals surface area contributed by atoms with Crippen LogP contribution in [0.2, 0.25) is 5.02 Å². The van der Waals surface area contributed by atoms with Crippen molar-refractivity contribution in [3.05, 3.63) is 28.8 Å². The van der Waals surface area contributed by atoms with Gasteiger partial charge >= 0.3 is 5.97 Å². The Hall–Kier alpha value is -1.59. The number of ether oxygens (including phenoxy) is 1. The average molecular weight is 313 g/mol. The van der Waals surface area contributed by atoms with Crippen LogP contribution in [0.15, 0.2) is 18.2 Å². The highest BCUT2D eigenvalue weighted by Gasteiger charge is 2.08. The number of nitrogens with zero attached hydrogens (tertiary/aromatic N) is 1. The van der Waals surface area contributed by atoms with Gasteiger partial charge < -0.3 is 10.1 Å². The number of nitrogens with one attached hydrogen (secondary N) is 1. The second kappa shape index (κ2) is 8.64. The highest BCUT2D eigenvalue weighted by Crippen LogP contribution is 2.19. The van der Waals surface area contributed by atoms with Gasteiger partial charge in [-0.2, -0.15) is 0 Å². The number of esters is 1. The van der Waals surface area contributed by atoms with E-state index in [1.807, 2.05) is 31.0 Å². The van der Waals surface area contributed by atoms with E-state index < -0.39 is 0 Å². The molecular formula is C15H21ClN2O3. The van der Waals surface area contributed by atoms with Crippen molar-refractivity contribution in [2.75, 3.05) is 32.6 Å². The Morgan fingerprint density at radius 2 is 2.10 bits per heavy atom. The largest absolute Gasteiger partial charge is 0.469 e. The van der Waals surface area contributed by atoms with Crippen molar-refractivity contribution >= 4 is 29.2 Å². The van der Waals surface area contributed by atoms with Gasteiger partial charge in [-0.05, 0) is 44.6 Å². The van der Waals surface area contributed by atoms with E-state index in [0.717, 1.165) is 5.56 Å². The van der Waals surface area contributed by atoms with Gasteiger partial charge in [-0.25, -0.2) is 0 Å². The summed E-state index contributed by atoms with van der Waals surface area (Å²) in [6.07, 6.45) is 1.02. The Bertz CT molecular complexity index is 506. The normalized spacial score (nSPS) is 10.5. The van der Waals surface area contributed by atoms with Crippen LogP contribution < -0.4 is 5.32 Å². The van der Waals surface area contributed by atoms with Gasteiger partial charge in [-0.3, -0.25) is 14.5 Å². The first kappa shape index (κ1) is 17.5. The standard InChI is InChI=1S/C15H21ClN2O3/c1-11-6-7-12(9-13(11)16)17-14(19)10-18(2)8-4-5-15(20)21-3/h6-7,9H,4-5,8,10H2,1-3H3,(H,17,19). The fourth-order valence-electron chi connectivity index (χ4n) is 1.79. The molecule has 0 aliphatic carbocycles. The molecule has 1 aromatic rings. The van der Waals surface area contributed by atoms with Crippen molar-refractivity contribution in [1.82, 2.24) is 4.90 Å². The molecule has 6 heteroatoms. The van der Waals surface area contributed by atoms with E-state index in [1.54, 1.807) is 6.07 Å². The number of carbonyl (C=O) groups excluding carboxylic acids is 2. The van der Waals surface area contributed by atoms with Crippen LogP contribution in [0.3, 0.4) is 0 Å². The molecule has 0 aliphatic heterocycles. The lowest BCUT2D eigenvalue weighted by Crippen LogP contribution is -2.31. The summed E-state index contributed by atoms with van der Waals surface area (Å²) in [5.74, 6) is -0.349. The molecule has 0 bridgehead atoms. The summed E-state index contributed by atoms with van der Waals surface area (Å²) in [6, 6.07) is 5.40. The quantitative estimate of drug-likeness (QED) is 0.786. The van der Waals surface area contributed by atoms with Gasteiger partial charge in [0.1, 0.15) is 0 Å². The van der Waals surface area contributed by atoms with Crippen molar-refractivity contribution in [1.29, 1.82) is 0 Å².